The number of carbonyl (C=O) groups is 1. The Morgan fingerprint density at radius 2 is 1.92 bits per heavy atom. The Kier molecular flexibility index (Phi) is 11.7. The van der Waals surface area contributed by atoms with Gasteiger partial charge in [0.15, 0.2) is 5.96 Å². The third-order valence-corrected chi connectivity index (χ3v) is 3.55. The summed E-state index contributed by atoms with van der Waals surface area (Å²) in [4.78, 5) is 16.6. The van der Waals surface area contributed by atoms with Crippen LogP contribution in [0.3, 0.4) is 0 Å². The first-order chi connectivity index (χ1) is 12.7. The predicted molar refractivity (Wildman–Crippen MR) is 105 cm³/mol. The number of benzene rings is 1. The molecule has 0 atom stereocenters. The van der Waals surface area contributed by atoms with E-state index in [2.05, 4.69) is 20.9 Å². The normalized spacial score (nSPS) is 11.1. The average molecular weight is 364 g/mol. The van der Waals surface area contributed by atoms with Crippen LogP contribution < -0.4 is 20.7 Å². The highest BCUT2D eigenvalue weighted by atomic mass is 16.5. The molecule has 0 heterocycles. The van der Waals surface area contributed by atoms with Crippen LogP contribution >= 0.6 is 0 Å². The van der Waals surface area contributed by atoms with Crippen LogP contribution in [-0.2, 0) is 4.74 Å². The fourth-order valence-electron chi connectivity index (χ4n) is 2.22. The Labute approximate surface area is 156 Å². The quantitative estimate of drug-likeness (QED) is 0.299. The number of methoxy groups -OCH3 is 1. The van der Waals surface area contributed by atoms with Gasteiger partial charge in [0.05, 0.1) is 7.11 Å². The van der Waals surface area contributed by atoms with E-state index in [1.807, 2.05) is 19.9 Å². The van der Waals surface area contributed by atoms with Crippen LogP contribution in [0.4, 0.5) is 0 Å². The minimum atomic E-state index is -0.122. The number of aliphatic imine (C=N–C) groups is 1. The monoisotopic (exact) mass is 364 g/mol. The molecule has 1 amide bonds. The van der Waals surface area contributed by atoms with E-state index < -0.39 is 0 Å². The van der Waals surface area contributed by atoms with Gasteiger partial charge in [-0.1, -0.05) is 6.07 Å². The summed E-state index contributed by atoms with van der Waals surface area (Å²) in [6, 6.07) is 7.09. The highest BCUT2D eigenvalue weighted by Gasteiger charge is 2.06. The molecule has 0 aromatic heterocycles. The molecule has 0 radical (unpaired) electrons. The molecule has 0 aliphatic heterocycles. The molecule has 1 aromatic rings. The molecule has 7 nitrogen and oxygen atoms in total. The van der Waals surface area contributed by atoms with E-state index in [9.17, 15) is 4.79 Å². The number of hydrogen-bond donors (Lipinski definition) is 3. The lowest BCUT2D eigenvalue weighted by Gasteiger charge is -2.12. The molecule has 26 heavy (non-hydrogen) atoms. The average Bonchev–Trinajstić information content (AvgIpc) is 2.67. The summed E-state index contributed by atoms with van der Waals surface area (Å²) in [5, 5.41) is 9.30. The number of unbranched alkanes of at least 4 members (excludes halogenated alkanes) is 1. The number of guanidine groups is 1. The molecular weight excluding hydrogens is 332 g/mol. The third-order valence-electron chi connectivity index (χ3n) is 3.55. The molecule has 0 aliphatic rings. The van der Waals surface area contributed by atoms with E-state index in [1.165, 1.54) is 0 Å². The number of carbonyl (C=O) groups excluding carboxylic acids is 1. The lowest BCUT2D eigenvalue weighted by atomic mass is 10.2. The van der Waals surface area contributed by atoms with Gasteiger partial charge in [0.25, 0.3) is 5.91 Å². The number of rotatable bonds is 12. The summed E-state index contributed by atoms with van der Waals surface area (Å²) >= 11 is 0. The van der Waals surface area contributed by atoms with Crippen LogP contribution in [0.25, 0.3) is 0 Å². The van der Waals surface area contributed by atoms with Gasteiger partial charge in [0, 0.05) is 45.0 Å². The first-order valence-electron chi connectivity index (χ1n) is 9.23. The maximum atomic E-state index is 12.1. The van der Waals surface area contributed by atoms with Crippen molar-refractivity contribution in [1.29, 1.82) is 0 Å². The summed E-state index contributed by atoms with van der Waals surface area (Å²) < 4.78 is 10.4. The lowest BCUT2D eigenvalue weighted by molar-refractivity contribution is 0.0954. The third kappa shape index (κ3) is 9.27. The largest absolute Gasteiger partial charge is 0.497 e. The maximum absolute atomic E-state index is 12.1. The van der Waals surface area contributed by atoms with Crippen molar-refractivity contribution < 1.29 is 14.3 Å². The van der Waals surface area contributed by atoms with Crippen LogP contribution in [0, 0.1) is 0 Å². The van der Waals surface area contributed by atoms with E-state index in [-0.39, 0.29) is 5.91 Å². The van der Waals surface area contributed by atoms with E-state index in [0.29, 0.717) is 24.4 Å². The van der Waals surface area contributed by atoms with Gasteiger partial charge in [0.1, 0.15) is 5.75 Å². The molecule has 0 unspecified atom stereocenters. The fourth-order valence-corrected chi connectivity index (χ4v) is 2.22. The topological polar surface area (TPSA) is 84.0 Å². The van der Waals surface area contributed by atoms with Gasteiger partial charge in [0.2, 0.25) is 0 Å². The van der Waals surface area contributed by atoms with Crippen molar-refractivity contribution in [2.24, 2.45) is 4.99 Å². The van der Waals surface area contributed by atoms with Crippen LogP contribution in [0.1, 0.15) is 37.0 Å². The molecule has 0 saturated carbocycles. The van der Waals surface area contributed by atoms with Crippen LogP contribution in [0.5, 0.6) is 5.75 Å². The van der Waals surface area contributed by atoms with Gasteiger partial charge in [-0.05, 0) is 44.9 Å². The first kappa shape index (κ1) is 21.8. The minimum Gasteiger partial charge on any atom is -0.497 e. The van der Waals surface area contributed by atoms with Crippen molar-refractivity contribution in [1.82, 2.24) is 16.0 Å². The van der Waals surface area contributed by atoms with Crippen molar-refractivity contribution in [2.45, 2.75) is 26.7 Å². The van der Waals surface area contributed by atoms with Gasteiger partial charge in [-0.3, -0.25) is 9.79 Å². The molecule has 0 aliphatic carbocycles. The Hall–Kier alpha value is -2.28. The number of amides is 1. The molecule has 0 fully saturated rings. The van der Waals surface area contributed by atoms with E-state index in [1.54, 1.807) is 25.3 Å². The van der Waals surface area contributed by atoms with Gasteiger partial charge >= 0.3 is 0 Å². The Morgan fingerprint density at radius 3 is 2.65 bits per heavy atom. The summed E-state index contributed by atoms with van der Waals surface area (Å²) in [5.74, 6) is 1.31. The molecular formula is C19H32N4O3. The second-order valence-electron chi connectivity index (χ2n) is 5.58. The number of nitrogens with one attached hydrogen (secondary N) is 3. The molecule has 0 bridgehead atoms. The summed E-state index contributed by atoms with van der Waals surface area (Å²) in [7, 11) is 1.58. The maximum Gasteiger partial charge on any atom is 0.251 e. The van der Waals surface area contributed by atoms with Crippen LogP contribution in [0.15, 0.2) is 29.3 Å². The number of hydrogen-bond acceptors (Lipinski definition) is 4. The van der Waals surface area contributed by atoms with Gasteiger partial charge < -0.3 is 25.4 Å². The van der Waals surface area contributed by atoms with Crippen molar-refractivity contribution in [2.75, 3.05) is 46.5 Å². The molecule has 1 aromatic carbocycles. The molecule has 146 valence electrons. The zero-order valence-corrected chi connectivity index (χ0v) is 16.1. The minimum absolute atomic E-state index is 0.122. The second-order valence-corrected chi connectivity index (χ2v) is 5.58. The smallest absolute Gasteiger partial charge is 0.251 e. The Morgan fingerprint density at radius 1 is 1.12 bits per heavy atom. The standard InChI is InChI=1S/C19H32N4O3/c1-4-20-19(22-11-6-7-14-26-5-2)23-13-12-21-18(24)16-9-8-10-17(15-16)25-3/h8-10,15H,4-7,11-14H2,1-3H3,(H,21,24)(H2,20,22,23). The number of nitrogens with zero attached hydrogens (tertiary/aromatic N) is 1. The van der Waals surface area contributed by atoms with Gasteiger partial charge in [-0.15, -0.1) is 0 Å². The van der Waals surface area contributed by atoms with Crippen LogP contribution in [0.2, 0.25) is 0 Å². The summed E-state index contributed by atoms with van der Waals surface area (Å²) in [5.41, 5.74) is 0.583. The van der Waals surface area contributed by atoms with E-state index in [0.717, 1.165) is 45.1 Å². The highest BCUT2D eigenvalue weighted by molar-refractivity contribution is 5.94. The predicted octanol–water partition coefficient (Wildman–Crippen LogP) is 1.80. The van der Waals surface area contributed by atoms with Crippen LogP contribution in [-0.4, -0.2) is 58.4 Å². The van der Waals surface area contributed by atoms with E-state index in [4.69, 9.17) is 9.47 Å². The molecule has 1 rings (SSSR count). The molecule has 7 heteroatoms. The Bertz CT molecular complexity index is 549. The first-order valence-corrected chi connectivity index (χ1v) is 9.23. The van der Waals surface area contributed by atoms with Crippen molar-refractivity contribution in [3.8, 4) is 5.75 Å². The zero-order valence-electron chi connectivity index (χ0n) is 16.1. The lowest BCUT2D eigenvalue weighted by Crippen LogP contribution is -2.41. The fraction of sp³-hybridized carbons (Fsp3) is 0.579. The zero-order chi connectivity index (χ0) is 19.0. The molecule has 3 N–H and O–H groups in total. The van der Waals surface area contributed by atoms with E-state index >= 15 is 0 Å². The van der Waals surface area contributed by atoms with Gasteiger partial charge in [-0.25, -0.2) is 0 Å². The summed E-state index contributed by atoms with van der Waals surface area (Å²) in [6.07, 6.45) is 2.00. The van der Waals surface area contributed by atoms with Crippen molar-refractivity contribution >= 4 is 11.9 Å². The SMILES string of the molecule is CCNC(=NCCCCOCC)NCCNC(=O)c1cccc(OC)c1. The van der Waals surface area contributed by atoms with Gasteiger partial charge in [-0.2, -0.15) is 0 Å². The molecule has 0 spiro atoms. The molecule has 0 saturated heterocycles. The van der Waals surface area contributed by atoms with Crippen molar-refractivity contribution in [3.05, 3.63) is 29.8 Å². The highest BCUT2D eigenvalue weighted by Crippen LogP contribution is 2.12. The van der Waals surface area contributed by atoms with Crippen molar-refractivity contribution in [3.63, 3.8) is 0 Å². The summed E-state index contributed by atoms with van der Waals surface area (Å²) in [6.45, 7) is 8.21. The Balaban J connectivity index is 2.29. The second kappa shape index (κ2) is 13.9. The number of ether oxygens (including phenoxy) is 2.